The van der Waals surface area contributed by atoms with Gasteiger partial charge in [-0.15, -0.1) is 0 Å². The molecule has 0 aromatic heterocycles. The third-order valence-electron chi connectivity index (χ3n) is 4.52. The second kappa shape index (κ2) is 7.68. The molecule has 1 atom stereocenters. The van der Waals surface area contributed by atoms with Crippen LogP contribution in [-0.4, -0.2) is 30.0 Å². The maximum Gasteiger partial charge on any atom is 0.256 e. The van der Waals surface area contributed by atoms with Crippen molar-refractivity contribution in [3.05, 3.63) is 65.5 Å². The highest BCUT2D eigenvalue weighted by Crippen LogP contribution is 2.28. The van der Waals surface area contributed by atoms with Gasteiger partial charge in [0.1, 0.15) is 11.6 Å². The Bertz CT molecular complexity index is 730. The van der Waals surface area contributed by atoms with Gasteiger partial charge in [0.05, 0.1) is 11.7 Å². The van der Waals surface area contributed by atoms with E-state index in [9.17, 15) is 9.18 Å². The monoisotopic (exact) mass is 341 g/mol. The van der Waals surface area contributed by atoms with Crippen molar-refractivity contribution in [3.63, 3.8) is 0 Å². The van der Waals surface area contributed by atoms with Crippen molar-refractivity contribution in [2.45, 2.75) is 38.7 Å². The predicted octanol–water partition coefficient (Wildman–Crippen LogP) is 4.63. The fraction of sp³-hybridized carbons (Fsp3) is 0.381. The van der Waals surface area contributed by atoms with Gasteiger partial charge in [-0.1, -0.05) is 30.3 Å². The fourth-order valence-corrected chi connectivity index (χ4v) is 3.34. The van der Waals surface area contributed by atoms with Crippen molar-refractivity contribution >= 4 is 5.91 Å². The molecule has 1 unspecified atom stereocenters. The lowest BCUT2D eigenvalue weighted by atomic mass is 9.90. The number of nitrogens with zero attached hydrogens (tertiary/aromatic N) is 1. The van der Waals surface area contributed by atoms with Crippen molar-refractivity contribution in [2.24, 2.45) is 0 Å². The van der Waals surface area contributed by atoms with Gasteiger partial charge >= 0.3 is 0 Å². The molecule has 25 heavy (non-hydrogen) atoms. The van der Waals surface area contributed by atoms with Gasteiger partial charge in [0.25, 0.3) is 5.91 Å². The van der Waals surface area contributed by atoms with E-state index in [1.807, 2.05) is 32.0 Å². The average molecular weight is 341 g/mol. The summed E-state index contributed by atoms with van der Waals surface area (Å²) in [6.07, 6.45) is 1.95. The summed E-state index contributed by atoms with van der Waals surface area (Å²) in [5.74, 6) is -0.00502. The van der Waals surface area contributed by atoms with Gasteiger partial charge in [-0.2, -0.15) is 0 Å². The number of likely N-dealkylation sites (tertiary alicyclic amines) is 1. The summed E-state index contributed by atoms with van der Waals surface area (Å²) in [5, 5.41) is 0. The number of hydrogen-bond acceptors (Lipinski definition) is 2. The van der Waals surface area contributed by atoms with E-state index in [-0.39, 0.29) is 17.6 Å². The van der Waals surface area contributed by atoms with Crippen LogP contribution in [0, 0.1) is 5.82 Å². The van der Waals surface area contributed by atoms with Gasteiger partial charge in [0, 0.05) is 25.1 Å². The smallest absolute Gasteiger partial charge is 0.256 e. The van der Waals surface area contributed by atoms with Crippen LogP contribution in [0.2, 0.25) is 0 Å². The number of rotatable bonds is 4. The first-order valence-corrected chi connectivity index (χ1v) is 8.85. The Morgan fingerprint density at radius 1 is 1.20 bits per heavy atom. The SMILES string of the molecule is CC(C)Oc1ccc(C(=O)N2CCCC(c3ccccc3)C2)c(F)c1. The van der Waals surface area contributed by atoms with E-state index in [0.717, 1.165) is 12.8 Å². The van der Waals surface area contributed by atoms with E-state index in [2.05, 4.69) is 12.1 Å². The minimum atomic E-state index is -0.523. The maximum absolute atomic E-state index is 14.4. The highest BCUT2D eigenvalue weighted by atomic mass is 19.1. The average Bonchev–Trinajstić information content (AvgIpc) is 2.62. The van der Waals surface area contributed by atoms with Crippen molar-refractivity contribution in [1.82, 2.24) is 4.90 Å². The highest BCUT2D eigenvalue weighted by Gasteiger charge is 2.27. The van der Waals surface area contributed by atoms with Gasteiger partial charge in [0.2, 0.25) is 0 Å². The van der Waals surface area contributed by atoms with Crippen molar-refractivity contribution in [3.8, 4) is 5.75 Å². The van der Waals surface area contributed by atoms with Crippen LogP contribution in [0.25, 0.3) is 0 Å². The first-order chi connectivity index (χ1) is 12.0. The largest absolute Gasteiger partial charge is 0.491 e. The van der Waals surface area contributed by atoms with Gasteiger partial charge in [0.15, 0.2) is 0 Å². The summed E-state index contributed by atoms with van der Waals surface area (Å²) in [4.78, 5) is 14.5. The zero-order valence-electron chi connectivity index (χ0n) is 14.7. The summed E-state index contributed by atoms with van der Waals surface area (Å²) in [6, 6.07) is 14.7. The van der Waals surface area contributed by atoms with Gasteiger partial charge < -0.3 is 9.64 Å². The first-order valence-electron chi connectivity index (χ1n) is 8.85. The van der Waals surface area contributed by atoms with Gasteiger partial charge in [-0.05, 0) is 44.4 Å². The Kier molecular flexibility index (Phi) is 5.37. The van der Waals surface area contributed by atoms with Crippen LogP contribution in [-0.2, 0) is 0 Å². The van der Waals surface area contributed by atoms with Crippen LogP contribution in [0.1, 0.15) is 48.5 Å². The molecule has 0 aliphatic carbocycles. The maximum atomic E-state index is 14.4. The molecule has 3 nitrogen and oxygen atoms in total. The van der Waals surface area contributed by atoms with Gasteiger partial charge in [-0.3, -0.25) is 4.79 Å². The molecule has 1 fully saturated rings. The van der Waals surface area contributed by atoms with Crippen LogP contribution in [0.5, 0.6) is 5.75 Å². The van der Waals surface area contributed by atoms with Gasteiger partial charge in [-0.25, -0.2) is 4.39 Å². The van der Waals surface area contributed by atoms with Crippen LogP contribution in [0.15, 0.2) is 48.5 Å². The highest BCUT2D eigenvalue weighted by molar-refractivity contribution is 5.94. The number of carbonyl (C=O) groups excluding carboxylic acids is 1. The molecular weight excluding hydrogens is 317 g/mol. The standard InChI is InChI=1S/C21H24FNO2/c1-15(2)25-18-10-11-19(20(22)13-18)21(24)23-12-6-9-17(14-23)16-7-4-3-5-8-16/h3-5,7-8,10-11,13,15,17H,6,9,12,14H2,1-2H3. The number of carbonyl (C=O) groups is 1. The molecule has 1 heterocycles. The van der Waals surface area contributed by atoms with Crippen molar-refractivity contribution in [1.29, 1.82) is 0 Å². The molecule has 0 bridgehead atoms. The van der Waals surface area contributed by atoms with Crippen LogP contribution < -0.4 is 4.74 Å². The predicted molar refractivity (Wildman–Crippen MR) is 96.5 cm³/mol. The fourth-order valence-electron chi connectivity index (χ4n) is 3.34. The molecule has 2 aromatic carbocycles. The summed E-state index contributed by atoms with van der Waals surface area (Å²) >= 11 is 0. The normalized spacial score (nSPS) is 17.6. The van der Waals surface area contributed by atoms with E-state index >= 15 is 0 Å². The topological polar surface area (TPSA) is 29.5 Å². The third kappa shape index (κ3) is 4.19. The van der Waals surface area contributed by atoms with E-state index in [1.54, 1.807) is 11.0 Å². The van der Waals surface area contributed by atoms with E-state index in [4.69, 9.17) is 4.74 Å². The summed E-state index contributed by atoms with van der Waals surface area (Å²) in [7, 11) is 0. The molecule has 0 saturated carbocycles. The van der Waals surface area contributed by atoms with Crippen molar-refractivity contribution in [2.75, 3.05) is 13.1 Å². The number of halogens is 1. The summed E-state index contributed by atoms with van der Waals surface area (Å²) < 4.78 is 19.9. The minimum Gasteiger partial charge on any atom is -0.491 e. The zero-order chi connectivity index (χ0) is 17.8. The number of ether oxygens (including phenoxy) is 1. The first kappa shape index (κ1) is 17.5. The van der Waals surface area contributed by atoms with E-state index < -0.39 is 5.82 Å². The molecule has 2 aromatic rings. The number of amides is 1. The summed E-state index contributed by atoms with van der Waals surface area (Å²) in [6.45, 7) is 5.07. The molecule has 0 radical (unpaired) electrons. The molecule has 4 heteroatoms. The molecule has 0 N–H and O–H groups in total. The molecule has 0 spiro atoms. The van der Waals surface area contributed by atoms with Crippen LogP contribution in [0.4, 0.5) is 4.39 Å². The molecule has 1 aliphatic rings. The quantitative estimate of drug-likeness (QED) is 0.811. The minimum absolute atomic E-state index is 0.0327. The third-order valence-corrected chi connectivity index (χ3v) is 4.52. The summed E-state index contributed by atoms with van der Waals surface area (Å²) in [5.41, 5.74) is 1.35. The Labute approximate surface area is 148 Å². The number of hydrogen-bond donors (Lipinski definition) is 0. The molecule has 1 saturated heterocycles. The Morgan fingerprint density at radius 3 is 2.64 bits per heavy atom. The van der Waals surface area contributed by atoms with Crippen molar-refractivity contribution < 1.29 is 13.9 Å². The Balaban J connectivity index is 1.74. The van der Waals surface area contributed by atoms with Crippen LogP contribution in [0.3, 0.4) is 0 Å². The second-order valence-electron chi connectivity index (χ2n) is 6.81. The Hall–Kier alpha value is -2.36. The van der Waals surface area contributed by atoms with E-state index in [1.165, 1.54) is 17.7 Å². The molecular formula is C21H24FNO2. The lowest BCUT2D eigenvalue weighted by Crippen LogP contribution is -2.39. The number of benzene rings is 2. The lowest BCUT2D eigenvalue weighted by molar-refractivity contribution is 0.0702. The number of piperidine rings is 1. The molecule has 3 rings (SSSR count). The lowest BCUT2D eigenvalue weighted by Gasteiger charge is -2.33. The molecule has 1 aliphatic heterocycles. The zero-order valence-corrected chi connectivity index (χ0v) is 14.7. The molecule has 132 valence electrons. The Morgan fingerprint density at radius 2 is 1.96 bits per heavy atom. The second-order valence-corrected chi connectivity index (χ2v) is 6.81. The van der Waals surface area contributed by atoms with E-state index in [0.29, 0.717) is 24.8 Å². The molecule has 1 amide bonds. The van der Waals surface area contributed by atoms with Crippen LogP contribution >= 0.6 is 0 Å².